The van der Waals surface area contributed by atoms with E-state index in [2.05, 4.69) is 48.3 Å². The number of aryl methyl sites for hydroxylation is 1. The highest BCUT2D eigenvalue weighted by Gasteiger charge is 2.12. The number of allylic oxidation sites excluding steroid dienone is 1. The summed E-state index contributed by atoms with van der Waals surface area (Å²) in [6, 6.07) is 29.5. The molecule has 2 aromatic heterocycles. The summed E-state index contributed by atoms with van der Waals surface area (Å²) in [5, 5.41) is 11.0. The first-order valence-corrected chi connectivity index (χ1v) is 16.5. The molecular weight excluding hydrogens is 622 g/mol. The zero-order chi connectivity index (χ0) is 37.1. The van der Waals surface area contributed by atoms with Crippen LogP contribution in [-0.4, -0.2) is 31.3 Å². The Morgan fingerprint density at radius 1 is 0.820 bits per heavy atom. The lowest BCUT2D eigenvalue weighted by Gasteiger charge is -2.11. The maximum Gasteiger partial charge on any atom is 0.227 e. The molecular formula is C43H49N3O4. The van der Waals surface area contributed by atoms with Crippen LogP contribution in [0.2, 0.25) is 0 Å². The minimum atomic E-state index is 0.533. The summed E-state index contributed by atoms with van der Waals surface area (Å²) in [7, 11) is 4.84. The van der Waals surface area contributed by atoms with E-state index in [-0.39, 0.29) is 0 Å². The number of hydrogen-bond acceptors (Lipinski definition) is 7. The summed E-state index contributed by atoms with van der Waals surface area (Å²) in [5.74, 6) is 2.55. The predicted octanol–water partition coefficient (Wildman–Crippen LogP) is 11.3. The number of fused-ring (bicyclic) bond motifs is 2. The van der Waals surface area contributed by atoms with Gasteiger partial charge in [-0.3, -0.25) is 4.98 Å². The van der Waals surface area contributed by atoms with Crippen LogP contribution in [-0.2, 0) is 11.2 Å². The number of pyridine rings is 1. The third-order valence-electron chi connectivity index (χ3n) is 7.12. The van der Waals surface area contributed by atoms with Crippen LogP contribution in [0.4, 0.5) is 0 Å². The molecule has 0 radical (unpaired) electrons. The third kappa shape index (κ3) is 11.4. The Morgan fingerprint density at radius 2 is 1.46 bits per heavy atom. The molecule has 4 aromatic carbocycles. The van der Waals surface area contributed by atoms with E-state index in [1.807, 2.05) is 108 Å². The predicted molar refractivity (Wildman–Crippen MR) is 207 cm³/mol. The minimum Gasteiger partial charge on any atom is -0.497 e. The molecule has 0 amide bonds. The lowest BCUT2D eigenvalue weighted by atomic mass is 10.00. The molecule has 0 spiro atoms. The second kappa shape index (κ2) is 21.2. The molecule has 0 atom stereocenters. The Bertz CT molecular complexity index is 1990. The monoisotopic (exact) mass is 671 g/mol. The lowest BCUT2D eigenvalue weighted by Crippen LogP contribution is -1.95. The molecule has 2 heterocycles. The van der Waals surface area contributed by atoms with E-state index in [0.29, 0.717) is 35.1 Å². The average Bonchev–Trinajstić information content (AvgIpc) is 3.60. The molecule has 50 heavy (non-hydrogen) atoms. The maximum atomic E-state index is 8.98. The molecule has 7 nitrogen and oxygen atoms in total. The standard InChI is InChI=1S/C26H19N3O3.C7H8.C6H10O.2C2H6/c1-30-24-11-20-15-28-14-19(21(20)12-25(24)31-2)9-17-5-8-23-22(10-17)29-26(32-23)18-6-3-16(13-27)4-7-18;1-7-5-3-2-4-6-7;1-5(2)6(3)7-4;2*1-2/h3-8,10-12,14-15H,9H2,1-2H3;2-6H,1H3;1,3H2,2,4H3;2*1-2H3. The van der Waals surface area contributed by atoms with E-state index in [1.54, 1.807) is 33.5 Å². The molecule has 0 fully saturated rings. The number of hydrogen-bond donors (Lipinski definition) is 0. The van der Waals surface area contributed by atoms with Crippen LogP contribution < -0.4 is 9.47 Å². The number of nitrogens with zero attached hydrogens (tertiary/aromatic N) is 3. The summed E-state index contributed by atoms with van der Waals surface area (Å²) < 4.78 is 21.5. The van der Waals surface area contributed by atoms with Gasteiger partial charge in [0, 0.05) is 23.3 Å². The smallest absolute Gasteiger partial charge is 0.227 e. The van der Waals surface area contributed by atoms with E-state index in [4.69, 9.17) is 23.9 Å². The lowest BCUT2D eigenvalue weighted by molar-refractivity contribution is 0.303. The van der Waals surface area contributed by atoms with E-state index in [0.717, 1.165) is 44.1 Å². The van der Waals surface area contributed by atoms with Crippen molar-refractivity contribution < 1.29 is 18.6 Å². The SMILES string of the molecule is C=C(C)C(=C)OC.CC.CC.COc1cc2cncc(Cc3ccc4oc(-c5ccc(C#N)cc5)nc4c3)c2cc1OC.Cc1ccccc1. The highest BCUT2D eigenvalue weighted by Crippen LogP contribution is 2.34. The van der Waals surface area contributed by atoms with E-state index in [1.165, 1.54) is 5.56 Å². The fraction of sp³-hybridized carbons (Fsp3) is 0.233. The van der Waals surface area contributed by atoms with Crippen molar-refractivity contribution in [1.82, 2.24) is 9.97 Å². The van der Waals surface area contributed by atoms with Crippen molar-refractivity contribution in [2.75, 3.05) is 21.3 Å². The first-order valence-electron chi connectivity index (χ1n) is 16.5. The van der Waals surface area contributed by atoms with Gasteiger partial charge in [-0.15, -0.1) is 0 Å². The van der Waals surface area contributed by atoms with Gasteiger partial charge in [0.25, 0.3) is 0 Å². The summed E-state index contributed by atoms with van der Waals surface area (Å²) in [6.45, 7) is 19.1. The maximum absolute atomic E-state index is 8.98. The molecule has 0 bridgehead atoms. The van der Waals surface area contributed by atoms with Crippen molar-refractivity contribution in [3.05, 3.63) is 144 Å². The molecule has 6 aromatic rings. The van der Waals surface area contributed by atoms with Crippen LogP contribution in [0.1, 0.15) is 56.9 Å². The summed E-state index contributed by atoms with van der Waals surface area (Å²) in [4.78, 5) is 9.06. The first-order chi connectivity index (χ1) is 24.3. The van der Waals surface area contributed by atoms with Crippen LogP contribution in [0.5, 0.6) is 11.5 Å². The number of nitriles is 1. The van der Waals surface area contributed by atoms with Gasteiger partial charge in [0.2, 0.25) is 5.89 Å². The van der Waals surface area contributed by atoms with E-state index < -0.39 is 0 Å². The van der Waals surface area contributed by atoms with Gasteiger partial charge in [-0.1, -0.05) is 82.8 Å². The van der Waals surface area contributed by atoms with Gasteiger partial charge in [-0.25, -0.2) is 4.98 Å². The zero-order valence-corrected chi connectivity index (χ0v) is 30.8. The van der Waals surface area contributed by atoms with Crippen LogP contribution in [0.15, 0.2) is 126 Å². The number of rotatable bonds is 7. The van der Waals surface area contributed by atoms with Gasteiger partial charge in [0.1, 0.15) is 11.3 Å². The summed E-state index contributed by atoms with van der Waals surface area (Å²) in [5.41, 5.74) is 7.32. The Kier molecular flexibility index (Phi) is 17.1. The number of methoxy groups -OCH3 is 3. The molecule has 0 unspecified atom stereocenters. The highest BCUT2D eigenvalue weighted by molar-refractivity contribution is 5.88. The highest BCUT2D eigenvalue weighted by atomic mass is 16.5. The molecule has 7 heteroatoms. The van der Waals surface area contributed by atoms with Gasteiger partial charge in [0.05, 0.1) is 33.0 Å². The summed E-state index contributed by atoms with van der Waals surface area (Å²) in [6.07, 6.45) is 4.39. The van der Waals surface area contributed by atoms with Gasteiger partial charge in [0.15, 0.2) is 17.1 Å². The van der Waals surface area contributed by atoms with Crippen molar-refractivity contribution in [1.29, 1.82) is 5.26 Å². The van der Waals surface area contributed by atoms with Crippen molar-refractivity contribution in [3.8, 4) is 29.0 Å². The molecule has 6 rings (SSSR count). The summed E-state index contributed by atoms with van der Waals surface area (Å²) >= 11 is 0. The van der Waals surface area contributed by atoms with Gasteiger partial charge in [-0.2, -0.15) is 5.26 Å². The molecule has 0 aliphatic heterocycles. The molecule has 0 aliphatic rings. The topological polar surface area (TPSA) is 90.4 Å². The molecule has 0 saturated heterocycles. The van der Waals surface area contributed by atoms with Crippen molar-refractivity contribution >= 4 is 21.9 Å². The second-order valence-electron chi connectivity index (χ2n) is 10.5. The van der Waals surface area contributed by atoms with Crippen LogP contribution in [0.25, 0.3) is 33.3 Å². The Balaban J connectivity index is 0.000000398. The molecule has 260 valence electrons. The number of oxazole rings is 1. The fourth-order valence-corrected chi connectivity index (χ4v) is 4.52. The van der Waals surface area contributed by atoms with Crippen molar-refractivity contribution in [3.63, 3.8) is 0 Å². The average molecular weight is 672 g/mol. The zero-order valence-electron chi connectivity index (χ0n) is 30.8. The number of aromatic nitrogens is 2. The third-order valence-corrected chi connectivity index (χ3v) is 7.12. The largest absolute Gasteiger partial charge is 0.497 e. The number of ether oxygens (including phenoxy) is 3. The number of benzene rings is 4. The molecule has 0 N–H and O–H groups in total. The van der Waals surface area contributed by atoms with Gasteiger partial charge in [-0.05, 0) is 90.9 Å². The van der Waals surface area contributed by atoms with Crippen molar-refractivity contribution in [2.45, 2.75) is 48.0 Å². The normalized spacial score (nSPS) is 9.52. The minimum absolute atomic E-state index is 0.533. The van der Waals surface area contributed by atoms with E-state index >= 15 is 0 Å². The molecule has 0 aliphatic carbocycles. The van der Waals surface area contributed by atoms with Crippen LogP contribution in [0, 0.1) is 18.3 Å². The van der Waals surface area contributed by atoms with Crippen LogP contribution in [0.3, 0.4) is 0 Å². The fourth-order valence-electron chi connectivity index (χ4n) is 4.52. The van der Waals surface area contributed by atoms with Crippen LogP contribution >= 0.6 is 0 Å². The van der Waals surface area contributed by atoms with Gasteiger partial charge < -0.3 is 18.6 Å². The van der Waals surface area contributed by atoms with Gasteiger partial charge >= 0.3 is 0 Å². The Morgan fingerprint density at radius 3 is 1.98 bits per heavy atom. The quantitative estimate of drug-likeness (QED) is 0.123. The van der Waals surface area contributed by atoms with E-state index in [9.17, 15) is 0 Å². The van der Waals surface area contributed by atoms with Crippen molar-refractivity contribution in [2.24, 2.45) is 0 Å². The Hall–Kier alpha value is -5.87. The second-order valence-corrected chi connectivity index (χ2v) is 10.5. The Labute approximate surface area is 297 Å². The molecule has 0 saturated carbocycles. The first kappa shape index (κ1) is 40.3.